The highest BCUT2D eigenvalue weighted by Crippen LogP contribution is 2.26. The zero-order valence-electron chi connectivity index (χ0n) is 13.6. The highest BCUT2D eigenvalue weighted by Gasteiger charge is 2.13. The second kappa shape index (κ2) is 6.74. The summed E-state index contributed by atoms with van der Waals surface area (Å²) in [4.78, 5) is 27.4. The van der Waals surface area contributed by atoms with E-state index < -0.39 is 0 Å². The topological polar surface area (TPSA) is 87.3 Å². The second-order valence-corrected chi connectivity index (χ2v) is 8.76. The van der Waals surface area contributed by atoms with E-state index in [-0.39, 0.29) is 5.56 Å². The maximum absolute atomic E-state index is 12.3. The van der Waals surface area contributed by atoms with Gasteiger partial charge in [0.25, 0.3) is 5.56 Å². The van der Waals surface area contributed by atoms with Crippen molar-refractivity contribution < 1.29 is 0 Å². The Morgan fingerprint density at radius 2 is 2.12 bits per heavy atom. The third-order valence-electron chi connectivity index (χ3n) is 3.86. The Hall–Kier alpha value is -1.97. The van der Waals surface area contributed by atoms with Crippen LogP contribution in [0.4, 0.5) is 0 Å². The van der Waals surface area contributed by atoms with Gasteiger partial charge in [-0.3, -0.25) is 9.89 Å². The zero-order valence-corrected chi connectivity index (χ0v) is 16.1. The Kier molecular flexibility index (Phi) is 4.45. The summed E-state index contributed by atoms with van der Waals surface area (Å²) in [6, 6.07) is 4.10. The zero-order chi connectivity index (χ0) is 17.4. The molecular weight excluding hydrogens is 374 g/mol. The standard InChI is InChI=1S/C16H15N5OS3/c1-8-9(2)25-15-13(8)14(22)17-12(18-15)7-24-16-19-11(20-21-16)6-10-4-3-5-23-10/h3-5H,6-7H2,1-2H3,(H,17,18,22)(H,19,20,21). The van der Waals surface area contributed by atoms with Crippen LogP contribution >= 0.6 is 34.4 Å². The monoisotopic (exact) mass is 389 g/mol. The number of rotatable bonds is 5. The van der Waals surface area contributed by atoms with E-state index in [1.54, 1.807) is 22.7 Å². The lowest BCUT2D eigenvalue weighted by atomic mass is 10.2. The molecule has 4 aromatic heterocycles. The van der Waals surface area contributed by atoms with Gasteiger partial charge in [-0.2, -0.15) is 0 Å². The van der Waals surface area contributed by atoms with E-state index >= 15 is 0 Å². The van der Waals surface area contributed by atoms with Crippen LogP contribution in [0, 0.1) is 13.8 Å². The van der Waals surface area contributed by atoms with Gasteiger partial charge in [0.05, 0.1) is 11.1 Å². The van der Waals surface area contributed by atoms with Crippen molar-refractivity contribution in [3.63, 3.8) is 0 Å². The summed E-state index contributed by atoms with van der Waals surface area (Å²) in [7, 11) is 0. The molecule has 25 heavy (non-hydrogen) atoms. The van der Waals surface area contributed by atoms with Crippen LogP contribution in [0.3, 0.4) is 0 Å². The minimum Gasteiger partial charge on any atom is -0.309 e. The summed E-state index contributed by atoms with van der Waals surface area (Å²) in [5.74, 6) is 2.01. The van der Waals surface area contributed by atoms with Crippen molar-refractivity contribution >= 4 is 44.7 Å². The molecule has 9 heteroatoms. The van der Waals surface area contributed by atoms with E-state index in [2.05, 4.69) is 31.2 Å². The summed E-state index contributed by atoms with van der Waals surface area (Å²) >= 11 is 4.72. The normalized spacial score (nSPS) is 11.4. The molecule has 0 saturated heterocycles. The largest absolute Gasteiger partial charge is 0.309 e. The summed E-state index contributed by atoms with van der Waals surface area (Å²) in [5.41, 5.74) is 0.941. The van der Waals surface area contributed by atoms with Crippen LogP contribution in [-0.4, -0.2) is 25.1 Å². The SMILES string of the molecule is Cc1sc2nc(CSc3n[nH]c(Cc4cccs4)n3)[nH]c(=O)c2c1C. The molecule has 0 radical (unpaired) electrons. The first kappa shape index (κ1) is 16.5. The fourth-order valence-corrected chi connectivity index (χ4v) is 4.95. The van der Waals surface area contributed by atoms with Crippen LogP contribution in [0.15, 0.2) is 27.5 Å². The molecule has 4 heterocycles. The van der Waals surface area contributed by atoms with Crippen molar-refractivity contribution in [2.75, 3.05) is 0 Å². The highest BCUT2D eigenvalue weighted by molar-refractivity contribution is 7.98. The first-order valence-electron chi connectivity index (χ1n) is 7.65. The van der Waals surface area contributed by atoms with Gasteiger partial charge in [0.15, 0.2) is 0 Å². The van der Waals surface area contributed by atoms with Crippen LogP contribution < -0.4 is 5.56 Å². The third kappa shape index (κ3) is 3.39. The lowest BCUT2D eigenvalue weighted by molar-refractivity contribution is 0.956. The van der Waals surface area contributed by atoms with Gasteiger partial charge in [0.2, 0.25) is 5.16 Å². The maximum Gasteiger partial charge on any atom is 0.259 e. The molecule has 0 unspecified atom stereocenters. The maximum atomic E-state index is 12.3. The fourth-order valence-electron chi connectivity index (χ4n) is 2.50. The molecule has 0 aromatic carbocycles. The van der Waals surface area contributed by atoms with Crippen molar-refractivity contribution in [3.05, 3.63) is 54.8 Å². The molecule has 0 fully saturated rings. The predicted molar refractivity (Wildman–Crippen MR) is 103 cm³/mol. The first-order valence-corrected chi connectivity index (χ1v) is 10.3. The predicted octanol–water partition coefficient (Wildman–Crippen LogP) is 3.66. The molecule has 128 valence electrons. The number of fused-ring (bicyclic) bond motifs is 1. The first-order chi connectivity index (χ1) is 12.1. The fraction of sp³-hybridized carbons (Fsp3) is 0.250. The van der Waals surface area contributed by atoms with Crippen molar-refractivity contribution in [1.82, 2.24) is 25.1 Å². The number of thioether (sulfide) groups is 1. The van der Waals surface area contributed by atoms with E-state index in [4.69, 9.17) is 0 Å². The molecule has 2 N–H and O–H groups in total. The average Bonchev–Trinajstić information content (AvgIpc) is 3.29. The van der Waals surface area contributed by atoms with Crippen molar-refractivity contribution in [3.8, 4) is 0 Å². The second-order valence-electron chi connectivity index (χ2n) is 5.59. The number of H-pyrrole nitrogens is 2. The van der Waals surface area contributed by atoms with Gasteiger partial charge >= 0.3 is 0 Å². The lowest BCUT2D eigenvalue weighted by Gasteiger charge is -1.99. The molecule has 0 spiro atoms. The van der Waals surface area contributed by atoms with Gasteiger partial charge < -0.3 is 4.98 Å². The van der Waals surface area contributed by atoms with Gasteiger partial charge in [-0.05, 0) is 30.9 Å². The van der Waals surface area contributed by atoms with Crippen LogP contribution in [-0.2, 0) is 12.2 Å². The molecule has 0 aliphatic carbocycles. The molecule has 0 amide bonds. The number of aromatic amines is 2. The molecule has 0 saturated carbocycles. The quantitative estimate of drug-likeness (QED) is 0.509. The molecule has 6 nitrogen and oxygen atoms in total. The number of aryl methyl sites for hydroxylation is 2. The molecule has 0 atom stereocenters. The lowest BCUT2D eigenvalue weighted by Crippen LogP contribution is -2.10. The van der Waals surface area contributed by atoms with Crippen LogP contribution in [0.2, 0.25) is 0 Å². The van der Waals surface area contributed by atoms with E-state index in [1.807, 2.05) is 25.3 Å². The van der Waals surface area contributed by atoms with E-state index in [9.17, 15) is 4.79 Å². The Morgan fingerprint density at radius 3 is 2.92 bits per heavy atom. The van der Waals surface area contributed by atoms with Crippen molar-refractivity contribution in [2.45, 2.75) is 31.2 Å². The van der Waals surface area contributed by atoms with E-state index in [0.29, 0.717) is 22.1 Å². The van der Waals surface area contributed by atoms with Gasteiger partial charge in [-0.25, -0.2) is 9.97 Å². The molecule has 0 bridgehead atoms. The average molecular weight is 390 g/mol. The number of aromatic nitrogens is 5. The smallest absolute Gasteiger partial charge is 0.259 e. The van der Waals surface area contributed by atoms with E-state index in [1.165, 1.54) is 16.6 Å². The summed E-state index contributed by atoms with van der Waals surface area (Å²) < 4.78 is 0. The molecule has 0 aliphatic rings. The van der Waals surface area contributed by atoms with Crippen LogP contribution in [0.25, 0.3) is 10.2 Å². The molecule has 0 aliphatic heterocycles. The third-order valence-corrected chi connectivity index (χ3v) is 6.70. The van der Waals surface area contributed by atoms with Crippen LogP contribution in [0.5, 0.6) is 0 Å². The van der Waals surface area contributed by atoms with E-state index in [0.717, 1.165) is 27.5 Å². The number of nitrogens with one attached hydrogen (secondary N) is 2. The highest BCUT2D eigenvalue weighted by atomic mass is 32.2. The van der Waals surface area contributed by atoms with Crippen LogP contribution in [0.1, 0.15) is 27.0 Å². The Morgan fingerprint density at radius 1 is 1.24 bits per heavy atom. The van der Waals surface area contributed by atoms with Crippen molar-refractivity contribution in [2.24, 2.45) is 0 Å². The Bertz CT molecular complexity index is 1080. The van der Waals surface area contributed by atoms with Gasteiger partial charge in [-0.15, -0.1) is 27.8 Å². The number of hydrogen-bond donors (Lipinski definition) is 2. The molecular formula is C16H15N5OS3. The van der Waals surface area contributed by atoms with Gasteiger partial charge in [0, 0.05) is 16.2 Å². The minimum absolute atomic E-state index is 0.0733. The molecule has 4 aromatic rings. The number of hydrogen-bond acceptors (Lipinski definition) is 7. The summed E-state index contributed by atoms with van der Waals surface area (Å²) in [6.45, 7) is 3.97. The van der Waals surface area contributed by atoms with Crippen molar-refractivity contribution in [1.29, 1.82) is 0 Å². The summed E-state index contributed by atoms with van der Waals surface area (Å²) in [6.07, 6.45) is 0.750. The van der Waals surface area contributed by atoms with Gasteiger partial charge in [0.1, 0.15) is 16.5 Å². The minimum atomic E-state index is -0.0733. The number of thiophene rings is 2. The molecule has 4 rings (SSSR count). The van der Waals surface area contributed by atoms with Gasteiger partial charge in [-0.1, -0.05) is 17.8 Å². The summed E-state index contributed by atoms with van der Waals surface area (Å²) in [5, 5.41) is 10.6. The number of nitrogens with zero attached hydrogens (tertiary/aromatic N) is 3. The Balaban J connectivity index is 1.49. The Labute approximate surface area is 155 Å².